The Morgan fingerprint density at radius 1 is 1.00 bits per heavy atom. The van der Waals surface area contributed by atoms with Gasteiger partial charge < -0.3 is 5.32 Å². The van der Waals surface area contributed by atoms with Crippen molar-refractivity contribution in [3.63, 3.8) is 0 Å². The molecule has 1 fully saturated rings. The Balaban J connectivity index is 0.000000324. The fraction of sp³-hybridized carbons (Fsp3) is 0.333. The van der Waals surface area contributed by atoms with E-state index in [0.29, 0.717) is 0 Å². The smallest absolute Gasteiger partial charge is 0.304 e. The lowest BCUT2D eigenvalue weighted by molar-refractivity contribution is 0.381. The van der Waals surface area contributed by atoms with Crippen LogP contribution in [0.3, 0.4) is 0 Å². The molecule has 7 heteroatoms. The second kappa shape index (κ2) is 7.05. The number of benzene rings is 2. The number of aryl methyl sites for hydroxylation is 2. The maximum Gasteiger partial charge on any atom is 0.394 e. The summed E-state index contributed by atoms with van der Waals surface area (Å²) in [6, 6.07) is 15.3. The Morgan fingerprint density at radius 3 is 2.32 bits per heavy atom. The highest BCUT2D eigenvalue weighted by Gasteiger charge is 2.41. The van der Waals surface area contributed by atoms with Gasteiger partial charge in [0, 0.05) is 5.02 Å². The van der Waals surface area contributed by atoms with Gasteiger partial charge in [0.2, 0.25) is 0 Å². The summed E-state index contributed by atoms with van der Waals surface area (Å²) in [7, 11) is -4.67. The predicted octanol–water partition coefficient (Wildman–Crippen LogP) is 3.41. The van der Waals surface area contributed by atoms with Crippen LogP contribution in [-0.2, 0) is 28.8 Å². The molecular weight excluding hydrogens is 362 g/mol. The largest absolute Gasteiger partial charge is 0.394 e. The van der Waals surface area contributed by atoms with Crippen LogP contribution in [0.4, 0.5) is 0 Å². The van der Waals surface area contributed by atoms with Crippen LogP contribution in [0.5, 0.6) is 0 Å². The van der Waals surface area contributed by atoms with E-state index in [1.807, 2.05) is 6.07 Å². The van der Waals surface area contributed by atoms with Crippen molar-refractivity contribution in [3.8, 4) is 0 Å². The quantitative estimate of drug-likeness (QED) is 0.609. The summed E-state index contributed by atoms with van der Waals surface area (Å²) in [4.78, 5) is 0. The maximum atomic E-state index is 8.74. The van der Waals surface area contributed by atoms with Crippen molar-refractivity contribution in [3.05, 3.63) is 69.7 Å². The first-order valence-electron chi connectivity index (χ1n) is 8.12. The Labute approximate surface area is 152 Å². The summed E-state index contributed by atoms with van der Waals surface area (Å²) >= 11 is 6.22. The minimum Gasteiger partial charge on any atom is -0.304 e. The second-order valence-corrected chi connectivity index (χ2v) is 7.67. The molecule has 1 unspecified atom stereocenters. The van der Waals surface area contributed by atoms with Crippen LogP contribution in [0.2, 0.25) is 5.02 Å². The molecule has 2 aromatic carbocycles. The van der Waals surface area contributed by atoms with E-state index in [0.717, 1.165) is 24.4 Å². The minimum absolute atomic E-state index is 0.00696. The summed E-state index contributed by atoms with van der Waals surface area (Å²) < 4.78 is 31.6. The van der Waals surface area contributed by atoms with Crippen molar-refractivity contribution >= 4 is 22.0 Å². The average Bonchev–Trinajstić information content (AvgIpc) is 2.97. The molecule has 0 saturated carbocycles. The fourth-order valence-electron chi connectivity index (χ4n) is 3.96. The molecule has 3 N–H and O–H groups in total. The predicted molar refractivity (Wildman–Crippen MR) is 97.5 cm³/mol. The van der Waals surface area contributed by atoms with E-state index in [1.54, 1.807) is 0 Å². The van der Waals surface area contributed by atoms with E-state index in [9.17, 15) is 0 Å². The highest BCUT2D eigenvalue weighted by Crippen LogP contribution is 2.43. The number of hydrogen-bond donors (Lipinski definition) is 3. The molecule has 2 aliphatic rings. The van der Waals surface area contributed by atoms with E-state index >= 15 is 0 Å². The maximum absolute atomic E-state index is 8.74. The van der Waals surface area contributed by atoms with Gasteiger partial charge in [0.1, 0.15) is 0 Å². The molecule has 1 saturated heterocycles. The Morgan fingerprint density at radius 2 is 1.64 bits per heavy atom. The standard InChI is InChI=1S/C18H18ClN.H2O4S/c19-15-8-9-17-14(12-15)7-6-13-4-1-2-5-16(13)18(17)10-3-11-20-18;1-5(2,3)4/h1-2,4-5,8-9,12,20H,3,6-7,10-11H2;(H2,1,2,3,4). The Hall–Kier alpha value is -1.44. The van der Waals surface area contributed by atoms with Crippen molar-refractivity contribution in [1.29, 1.82) is 0 Å². The molecule has 0 bridgehead atoms. The van der Waals surface area contributed by atoms with Crippen molar-refractivity contribution < 1.29 is 17.5 Å². The molecule has 5 nitrogen and oxygen atoms in total. The first-order valence-corrected chi connectivity index (χ1v) is 9.89. The van der Waals surface area contributed by atoms with Gasteiger partial charge in [-0.05, 0) is 66.6 Å². The fourth-order valence-corrected chi connectivity index (χ4v) is 4.15. The summed E-state index contributed by atoms with van der Waals surface area (Å²) in [6.07, 6.45) is 4.60. The first-order chi connectivity index (χ1) is 11.8. The molecule has 134 valence electrons. The molecular formula is C18H20ClNO4S. The molecule has 0 radical (unpaired) electrons. The zero-order valence-electron chi connectivity index (χ0n) is 13.6. The van der Waals surface area contributed by atoms with Crippen molar-refractivity contribution in [2.24, 2.45) is 0 Å². The lowest BCUT2D eigenvalue weighted by Gasteiger charge is -2.32. The number of fused-ring (bicyclic) bond motifs is 4. The Kier molecular flexibility index (Phi) is 5.18. The van der Waals surface area contributed by atoms with E-state index in [2.05, 4.69) is 41.7 Å². The third kappa shape index (κ3) is 4.04. The average molecular weight is 382 g/mol. The molecule has 4 rings (SSSR count). The molecule has 1 heterocycles. The molecule has 1 atom stereocenters. The number of halogens is 1. The van der Waals surface area contributed by atoms with Crippen molar-refractivity contribution in [2.45, 2.75) is 31.2 Å². The van der Waals surface area contributed by atoms with Crippen LogP contribution in [0.25, 0.3) is 0 Å². The minimum atomic E-state index is -4.67. The number of rotatable bonds is 0. The third-order valence-corrected chi connectivity index (χ3v) is 5.06. The van der Waals surface area contributed by atoms with E-state index in [-0.39, 0.29) is 5.54 Å². The number of nitrogens with one attached hydrogen (secondary N) is 1. The van der Waals surface area contributed by atoms with Crippen LogP contribution in [0.1, 0.15) is 35.1 Å². The van der Waals surface area contributed by atoms with E-state index < -0.39 is 10.4 Å². The zero-order chi connectivity index (χ0) is 18.1. The van der Waals surface area contributed by atoms with Gasteiger partial charge in [0.15, 0.2) is 0 Å². The van der Waals surface area contributed by atoms with Gasteiger partial charge in [0.25, 0.3) is 0 Å². The number of hydrogen-bond acceptors (Lipinski definition) is 3. The molecule has 2 aromatic rings. The van der Waals surface area contributed by atoms with E-state index in [4.69, 9.17) is 29.1 Å². The van der Waals surface area contributed by atoms with Gasteiger partial charge in [-0.15, -0.1) is 0 Å². The van der Waals surface area contributed by atoms with E-state index in [1.165, 1.54) is 35.1 Å². The topological polar surface area (TPSA) is 86.6 Å². The summed E-state index contributed by atoms with van der Waals surface area (Å²) in [6.45, 7) is 1.09. The molecule has 1 aliphatic carbocycles. The van der Waals surface area contributed by atoms with Gasteiger partial charge in [-0.1, -0.05) is 41.9 Å². The van der Waals surface area contributed by atoms with Gasteiger partial charge in [-0.25, -0.2) is 0 Å². The molecule has 0 aromatic heterocycles. The van der Waals surface area contributed by atoms with Crippen LogP contribution in [-0.4, -0.2) is 24.1 Å². The van der Waals surface area contributed by atoms with Gasteiger partial charge in [0.05, 0.1) is 5.54 Å². The first kappa shape index (κ1) is 18.4. The molecule has 1 aliphatic heterocycles. The van der Waals surface area contributed by atoms with Gasteiger partial charge >= 0.3 is 10.4 Å². The van der Waals surface area contributed by atoms with Crippen LogP contribution in [0.15, 0.2) is 42.5 Å². The lowest BCUT2D eigenvalue weighted by atomic mass is 9.79. The zero-order valence-corrected chi connectivity index (χ0v) is 15.1. The second-order valence-electron chi connectivity index (χ2n) is 6.34. The normalized spacial score (nSPS) is 21.7. The summed E-state index contributed by atoms with van der Waals surface area (Å²) in [5.41, 5.74) is 5.80. The third-order valence-electron chi connectivity index (χ3n) is 4.82. The van der Waals surface area contributed by atoms with Crippen LogP contribution in [0, 0.1) is 0 Å². The molecule has 1 spiro atoms. The molecule has 25 heavy (non-hydrogen) atoms. The Bertz CT molecular complexity index is 868. The van der Waals surface area contributed by atoms with Crippen LogP contribution >= 0.6 is 11.6 Å². The van der Waals surface area contributed by atoms with Crippen LogP contribution < -0.4 is 5.32 Å². The highest BCUT2D eigenvalue weighted by molar-refractivity contribution is 7.79. The summed E-state index contributed by atoms with van der Waals surface area (Å²) in [5, 5.41) is 4.65. The lowest BCUT2D eigenvalue weighted by Crippen LogP contribution is -2.38. The van der Waals surface area contributed by atoms with Crippen molar-refractivity contribution in [1.82, 2.24) is 5.32 Å². The van der Waals surface area contributed by atoms with Crippen molar-refractivity contribution in [2.75, 3.05) is 6.54 Å². The SMILES string of the molecule is Clc1ccc2c(c1)CCc1ccccc1C21CCCN1.O=S(=O)(O)O. The van der Waals surface area contributed by atoms with Gasteiger partial charge in [-0.2, -0.15) is 8.42 Å². The van der Waals surface area contributed by atoms with Gasteiger partial charge in [-0.3, -0.25) is 9.11 Å². The molecule has 0 amide bonds. The monoisotopic (exact) mass is 381 g/mol. The summed E-state index contributed by atoms with van der Waals surface area (Å²) in [5.74, 6) is 0. The highest BCUT2D eigenvalue weighted by atomic mass is 35.5.